The first-order valence-electron chi connectivity index (χ1n) is 9.65. The minimum atomic E-state index is 0.108. The Kier molecular flexibility index (Phi) is 5.88. The van der Waals surface area contributed by atoms with Crippen LogP contribution in [0.15, 0.2) is 91.5 Å². The highest BCUT2D eigenvalue weighted by atomic mass is 14.9. The molecule has 0 bridgehead atoms. The van der Waals surface area contributed by atoms with Gasteiger partial charge in [-0.15, -0.1) is 0 Å². The second-order valence-corrected chi connectivity index (χ2v) is 6.84. The molecule has 4 rings (SSSR count). The predicted octanol–water partition coefficient (Wildman–Crippen LogP) is 4.04. The van der Waals surface area contributed by atoms with Crippen LogP contribution in [0, 0.1) is 0 Å². The van der Waals surface area contributed by atoms with Crippen molar-refractivity contribution >= 4 is 5.82 Å². The molecule has 4 aromatic rings. The first-order chi connectivity index (χ1) is 14.3. The maximum Gasteiger partial charge on any atom is 0.124 e. The number of nitrogens with one attached hydrogen (secondary N) is 1. The van der Waals surface area contributed by atoms with E-state index in [2.05, 4.69) is 44.5 Å². The molecule has 0 radical (unpaired) electrons. The second-order valence-electron chi connectivity index (χ2n) is 6.84. The van der Waals surface area contributed by atoms with E-state index in [9.17, 15) is 0 Å². The van der Waals surface area contributed by atoms with Gasteiger partial charge in [-0.25, -0.2) is 4.98 Å². The summed E-state index contributed by atoms with van der Waals surface area (Å²) in [4.78, 5) is 12.7. The molecule has 0 aliphatic rings. The number of nitrogen functional groups attached to an aromatic ring is 1. The number of rotatable bonds is 7. The molecule has 0 atom stereocenters. The molecule has 0 saturated carbocycles. The van der Waals surface area contributed by atoms with E-state index in [1.54, 1.807) is 6.07 Å². The molecule has 3 aromatic heterocycles. The smallest absolute Gasteiger partial charge is 0.124 e. The molecule has 1 aromatic carbocycles. The Balaban J connectivity index is 1.42. The van der Waals surface area contributed by atoms with Crippen LogP contribution >= 0.6 is 0 Å². The molecule has 0 aliphatic heterocycles. The SMILES string of the molecule is Nc1cccc(-c2ccc(CCNC(c3ccncc3)c3ccncc3)cc2)n1. The number of nitrogens with two attached hydrogens (primary N) is 1. The lowest BCUT2D eigenvalue weighted by Crippen LogP contribution is -2.24. The van der Waals surface area contributed by atoms with Gasteiger partial charge >= 0.3 is 0 Å². The van der Waals surface area contributed by atoms with E-state index in [0.29, 0.717) is 5.82 Å². The predicted molar refractivity (Wildman–Crippen MR) is 116 cm³/mol. The maximum atomic E-state index is 5.79. The largest absolute Gasteiger partial charge is 0.384 e. The summed E-state index contributed by atoms with van der Waals surface area (Å²) in [5.41, 5.74) is 11.4. The van der Waals surface area contributed by atoms with Gasteiger partial charge in [0.15, 0.2) is 0 Å². The first-order valence-corrected chi connectivity index (χ1v) is 9.65. The van der Waals surface area contributed by atoms with Gasteiger partial charge in [-0.3, -0.25) is 9.97 Å². The first kappa shape index (κ1) is 18.8. The van der Waals surface area contributed by atoms with Crippen LogP contribution in [-0.4, -0.2) is 21.5 Å². The standard InChI is InChI=1S/C24H23N5/c25-23-3-1-2-22(29-23)19-6-4-18(5-7-19)8-17-28-24(20-9-13-26-14-10-20)21-11-15-27-16-12-21/h1-7,9-16,24,28H,8,17H2,(H2,25,29). The van der Waals surface area contributed by atoms with Gasteiger partial charge < -0.3 is 11.1 Å². The Hall–Kier alpha value is -3.57. The highest BCUT2D eigenvalue weighted by Gasteiger charge is 2.13. The van der Waals surface area contributed by atoms with Gasteiger partial charge in [-0.05, 0) is 59.5 Å². The Morgan fingerprint density at radius 3 is 1.97 bits per heavy atom. The van der Waals surface area contributed by atoms with Crippen molar-refractivity contribution in [1.82, 2.24) is 20.3 Å². The van der Waals surface area contributed by atoms with Gasteiger partial charge in [-0.1, -0.05) is 30.3 Å². The van der Waals surface area contributed by atoms with Gasteiger partial charge in [0.2, 0.25) is 0 Å². The molecule has 3 N–H and O–H groups in total. The third-order valence-corrected chi connectivity index (χ3v) is 4.86. The fourth-order valence-electron chi connectivity index (χ4n) is 3.36. The number of anilines is 1. The van der Waals surface area contributed by atoms with Crippen LogP contribution in [0.2, 0.25) is 0 Å². The molecule has 0 saturated heterocycles. The Morgan fingerprint density at radius 1 is 0.759 bits per heavy atom. The van der Waals surface area contributed by atoms with E-state index in [4.69, 9.17) is 5.73 Å². The van der Waals surface area contributed by atoms with Crippen molar-refractivity contribution in [1.29, 1.82) is 0 Å². The van der Waals surface area contributed by atoms with Gasteiger partial charge in [0.05, 0.1) is 11.7 Å². The topological polar surface area (TPSA) is 76.7 Å². The molecular formula is C24H23N5. The second kappa shape index (κ2) is 9.08. The van der Waals surface area contributed by atoms with Crippen molar-refractivity contribution < 1.29 is 0 Å². The summed E-state index contributed by atoms with van der Waals surface area (Å²) in [6.07, 6.45) is 8.24. The Morgan fingerprint density at radius 2 is 1.38 bits per heavy atom. The number of hydrogen-bond acceptors (Lipinski definition) is 5. The van der Waals surface area contributed by atoms with Gasteiger partial charge in [0.25, 0.3) is 0 Å². The van der Waals surface area contributed by atoms with Crippen LogP contribution in [0.5, 0.6) is 0 Å². The van der Waals surface area contributed by atoms with E-state index in [1.165, 1.54) is 16.7 Å². The fourth-order valence-corrected chi connectivity index (χ4v) is 3.36. The van der Waals surface area contributed by atoms with Crippen molar-refractivity contribution in [2.24, 2.45) is 0 Å². The van der Waals surface area contributed by atoms with Gasteiger partial charge in [0.1, 0.15) is 5.82 Å². The number of hydrogen-bond donors (Lipinski definition) is 2. The maximum absolute atomic E-state index is 5.79. The number of aromatic nitrogens is 3. The highest BCUT2D eigenvalue weighted by molar-refractivity contribution is 5.61. The number of pyridine rings is 3. The zero-order valence-corrected chi connectivity index (χ0v) is 16.1. The third kappa shape index (κ3) is 4.83. The van der Waals surface area contributed by atoms with E-state index in [-0.39, 0.29) is 6.04 Å². The van der Waals surface area contributed by atoms with Crippen LogP contribution in [0.3, 0.4) is 0 Å². The summed E-state index contributed by atoms with van der Waals surface area (Å²) in [5, 5.41) is 3.67. The minimum absolute atomic E-state index is 0.108. The Labute approximate surface area is 170 Å². The van der Waals surface area contributed by atoms with Gasteiger partial charge in [-0.2, -0.15) is 0 Å². The Bertz CT molecular complexity index is 994. The molecule has 29 heavy (non-hydrogen) atoms. The molecule has 0 amide bonds. The van der Waals surface area contributed by atoms with Crippen LogP contribution in [-0.2, 0) is 6.42 Å². The molecule has 0 fully saturated rings. The highest BCUT2D eigenvalue weighted by Crippen LogP contribution is 2.21. The molecule has 5 heteroatoms. The molecule has 0 spiro atoms. The van der Waals surface area contributed by atoms with Crippen molar-refractivity contribution in [3.63, 3.8) is 0 Å². The average Bonchev–Trinajstić information content (AvgIpc) is 2.78. The quantitative estimate of drug-likeness (QED) is 0.505. The van der Waals surface area contributed by atoms with E-state index < -0.39 is 0 Å². The van der Waals surface area contributed by atoms with Crippen molar-refractivity contribution in [3.05, 3.63) is 108 Å². The molecule has 5 nitrogen and oxygen atoms in total. The van der Waals surface area contributed by atoms with E-state index >= 15 is 0 Å². The molecule has 3 heterocycles. The van der Waals surface area contributed by atoms with Crippen molar-refractivity contribution in [2.75, 3.05) is 12.3 Å². The fraction of sp³-hybridized carbons (Fsp3) is 0.125. The molecular weight excluding hydrogens is 358 g/mol. The lowest BCUT2D eigenvalue weighted by Gasteiger charge is -2.19. The summed E-state index contributed by atoms with van der Waals surface area (Å²) in [5.74, 6) is 0.536. The third-order valence-electron chi connectivity index (χ3n) is 4.86. The average molecular weight is 381 g/mol. The number of benzene rings is 1. The molecule has 0 unspecified atom stereocenters. The van der Waals surface area contributed by atoms with Crippen LogP contribution in [0.25, 0.3) is 11.3 Å². The zero-order valence-electron chi connectivity index (χ0n) is 16.1. The summed E-state index contributed by atoms with van der Waals surface area (Å²) < 4.78 is 0. The normalized spacial score (nSPS) is 10.9. The zero-order chi connectivity index (χ0) is 19.9. The molecule has 0 aliphatic carbocycles. The van der Waals surface area contributed by atoms with E-state index in [0.717, 1.165) is 24.2 Å². The van der Waals surface area contributed by atoms with Crippen LogP contribution < -0.4 is 11.1 Å². The monoisotopic (exact) mass is 381 g/mol. The van der Waals surface area contributed by atoms with Gasteiger partial charge in [0, 0.05) is 36.9 Å². The van der Waals surface area contributed by atoms with Crippen molar-refractivity contribution in [3.8, 4) is 11.3 Å². The molecule has 144 valence electrons. The minimum Gasteiger partial charge on any atom is -0.384 e. The van der Waals surface area contributed by atoms with Crippen LogP contribution in [0.4, 0.5) is 5.82 Å². The van der Waals surface area contributed by atoms with E-state index in [1.807, 2.05) is 61.2 Å². The van der Waals surface area contributed by atoms with Crippen molar-refractivity contribution in [2.45, 2.75) is 12.5 Å². The summed E-state index contributed by atoms with van der Waals surface area (Å²) in [6.45, 7) is 0.852. The summed E-state index contributed by atoms with van der Waals surface area (Å²) in [6, 6.07) is 22.5. The number of nitrogens with zero attached hydrogens (tertiary/aromatic N) is 3. The van der Waals surface area contributed by atoms with Crippen LogP contribution in [0.1, 0.15) is 22.7 Å². The summed E-state index contributed by atoms with van der Waals surface area (Å²) >= 11 is 0. The lowest BCUT2D eigenvalue weighted by atomic mass is 10.00. The summed E-state index contributed by atoms with van der Waals surface area (Å²) in [7, 11) is 0. The lowest BCUT2D eigenvalue weighted by molar-refractivity contribution is 0.604.